The first kappa shape index (κ1) is 18.9. The highest BCUT2D eigenvalue weighted by Crippen LogP contribution is 2.29. The van der Waals surface area contributed by atoms with Crippen molar-refractivity contribution in [3.05, 3.63) is 59.1 Å². The number of carbonyl (C=O) groups is 3. The van der Waals surface area contributed by atoms with E-state index in [2.05, 4.69) is 10.6 Å². The van der Waals surface area contributed by atoms with Crippen LogP contribution in [0.3, 0.4) is 0 Å². The van der Waals surface area contributed by atoms with Crippen LogP contribution in [0.5, 0.6) is 0 Å². The summed E-state index contributed by atoms with van der Waals surface area (Å²) in [4.78, 5) is 38.0. The van der Waals surface area contributed by atoms with Crippen LogP contribution in [0.25, 0.3) is 0 Å². The number of anilines is 2. The van der Waals surface area contributed by atoms with Gasteiger partial charge >= 0.3 is 0 Å². The third-order valence-electron chi connectivity index (χ3n) is 4.36. The second-order valence-corrected chi connectivity index (χ2v) is 6.83. The number of rotatable bonds is 5. The van der Waals surface area contributed by atoms with Crippen molar-refractivity contribution >= 4 is 40.7 Å². The second kappa shape index (κ2) is 8.22. The fourth-order valence-electron chi connectivity index (χ4n) is 2.98. The Balaban J connectivity index is 1.57. The molecule has 1 aliphatic heterocycles. The van der Waals surface area contributed by atoms with Crippen LogP contribution in [0.15, 0.2) is 48.5 Å². The molecule has 3 amide bonds. The molecule has 3 rings (SSSR count). The Hall–Kier alpha value is -2.86. The normalized spacial score (nSPS) is 14.1. The molecular weight excluding hydrogens is 366 g/mol. The van der Waals surface area contributed by atoms with E-state index in [9.17, 15) is 14.4 Å². The maximum Gasteiger partial charge on any atom is 0.244 e. The Bertz CT molecular complexity index is 884. The Labute approximate surface area is 162 Å². The highest BCUT2D eigenvalue weighted by Gasteiger charge is 2.26. The first-order chi connectivity index (χ1) is 12.9. The Morgan fingerprint density at radius 2 is 1.96 bits per heavy atom. The third-order valence-corrected chi connectivity index (χ3v) is 4.60. The average Bonchev–Trinajstić information content (AvgIpc) is 2.65. The molecule has 1 heterocycles. The molecule has 0 fully saturated rings. The van der Waals surface area contributed by atoms with Crippen molar-refractivity contribution in [3.8, 4) is 0 Å². The van der Waals surface area contributed by atoms with Crippen molar-refractivity contribution in [2.45, 2.75) is 25.8 Å². The summed E-state index contributed by atoms with van der Waals surface area (Å²) in [5.41, 5.74) is 2.14. The molecule has 0 aliphatic carbocycles. The van der Waals surface area contributed by atoms with E-state index in [1.807, 2.05) is 19.1 Å². The quantitative estimate of drug-likeness (QED) is 0.829. The van der Waals surface area contributed by atoms with E-state index in [0.29, 0.717) is 16.4 Å². The van der Waals surface area contributed by atoms with Crippen LogP contribution in [0.1, 0.15) is 31.4 Å². The van der Waals surface area contributed by atoms with Crippen LogP contribution in [-0.4, -0.2) is 24.3 Å². The molecule has 0 aromatic heterocycles. The lowest BCUT2D eigenvalue weighted by Crippen LogP contribution is -2.42. The zero-order chi connectivity index (χ0) is 19.4. The van der Waals surface area contributed by atoms with Crippen molar-refractivity contribution in [1.82, 2.24) is 5.32 Å². The molecule has 6 nitrogen and oxygen atoms in total. The molecule has 2 aromatic rings. The first-order valence-electron chi connectivity index (χ1n) is 8.68. The van der Waals surface area contributed by atoms with Gasteiger partial charge in [-0.15, -0.1) is 0 Å². The van der Waals surface area contributed by atoms with E-state index in [1.165, 1.54) is 4.90 Å². The number of nitrogens with zero attached hydrogens (tertiary/aromatic N) is 1. The smallest absolute Gasteiger partial charge is 0.244 e. The van der Waals surface area contributed by atoms with Crippen LogP contribution < -0.4 is 15.5 Å². The van der Waals surface area contributed by atoms with Crippen molar-refractivity contribution in [1.29, 1.82) is 0 Å². The lowest BCUT2D eigenvalue weighted by molar-refractivity contribution is -0.126. The largest absolute Gasteiger partial charge is 0.350 e. The summed E-state index contributed by atoms with van der Waals surface area (Å²) >= 11 is 5.97. The van der Waals surface area contributed by atoms with Gasteiger partial charge in [-0.1, -0.05) is 35.9 Å². The summed E-state index contributed by atoms with van der Waals surface area (Å²) < 4.78 is 0. The maximum absolute atomic E-state index is 12.6. The predicted octanol–water partition coefficient (Wildman–Crippen LogP) is 3.28. The molecule has 1 atom stereocenters. The molecule has 7 heteroatoms. The minimum Gasteiger partial charge on any atom is -0.350 e. The number of benzene rings is 2. The van der Waals surface area contributed by atoms with Gasteiger partial charge in [-0.3, -0.25) is 14.4 Å². The van der Waals surface area contributed by atoms with E-state index in [-0.39, 0.29) is 43.1 Å². The van der Waals surface area contributed by atoms with Crippen molar-refractivity contribution in [2.75, 3.05) is 16.8 Å². The number of hydrogen-bond donors (Lipinski definition) is 2. The third kappa shape index (κ3) is 4.65. The molecule has 1 aliphatic rings. The van der Waals surface area contributed by atoms with Gasteiger partial charge < -0.3 is 15.5 Å². The zero-order valence-electron chi connectivity index (χ0n) is 14.9. The van der Waals surface area contributed by atoms with Crippen molar-refractivity contribution in [2.24, 2.45) is 0 Å². The van der Waals surface area contributed by atoms with Crippen LogP contribution >= 0.6 is 11.6 Å². The van der Waals surface area contributed by atoms with Gasteiger partial charge in [0.1, 0.15) is 6.54 Å². The minimum atomic E-state index is -0.261. The predicted molar refractivity (Wildman–Crippen MR) is 105 cm³/mol. The molecule has 0 spiro atoms. The van der Waals surface area contributed by atoms with Gasteiger partial charge in [0.05, 0.1) is 17.4 Å². The molecular formula is C20H20ClN3O3. The van der Waals surface area contributed by atoms with Gasteiger partial charge in [-0.25, -0.2) is 0 Å². The molecule has 0 radical (unpaired) electrons. The summed E-state index contributed by atoms with van der Waals surface area (Å²) in [5.74, 6) is -0.741. The number of hydrogen-bond acceptors (Lipinski definition) is 3. The Morgan fingerprint density at radius 3 is 2.74 bits per heavy atom. The fraction of sp³-hybridized carbons (Fsp3) is 0.250. The van der Waals surface area contributed by atoms with Crippen LogP contribution in [0.4, 0.5) is 11.4 Å². The van der Waals surface area contributed by atoms with Crippen molar-refractivity contribution < 1.29 is 14.4 Å². The molecule has 0 bridgehead atoms. The van der Waals surface area contributed by atoms with Crippen LogP contribution in [0.2, 0.25) is 5.02 Å². The van der Waals surface area contributed by atoms with E-state index in [0.717, 1.165) is 5.56 Å². The zero-order valence-corrected chi connectivity index (χ0v) is 15.6. The molecule has 0 saturated carbocycles. The minimum absolute atomic E-state index is 0.0235. The van der Waals surface area contributed by atoms with E-state index >= 15 is 0 Å². The number of amides is 3. The Morgan fingerprint density at radius 1 is 1.19 bits per heavy atom. The van der Waals surface area contributed by atoms with Gasteiger partial charge in [0, 0.05) is 17.9 Å². The number of para-hydroxylation sites is 2. The van der Waals surface area contributed by atoms with Crippen LogP contribution in [-0.2, 0) is 14.4 Å². The highest BCUT2D eigenvalue weighted by atomic mass is 35.5. The summed E-state index contributed by atoms with van der Waals surface area (Å²) in [7, 11) is 0. The lowest BCUT2D eigenvalue weighted by atomic mass is 10.1. The van der Waals surface area contributed by atoms with Gasteiger partial charge in [-0.2, -0.15) is 0 Å². The number of fused-ring (bicyclic) bond motifs is 1. The molecule has 140 valence electrons. The second-order valence-electron chi connectivity index (χ2n) is 6.39. The number of carbonyl (C=O) groups excluding carboxylic acids is 3. The molecule has 27 heavy (non-hydrogen) atoms. The monoisotopic (exact) mass is 385 g/mol. The van der Waals surface area contributed by atoms with Gasteiger partial charge in [-0.05, 0) is 36.8 Å². The number of halogens is 1. The molecule has 0 saturated heterocycles. The fourth-order valence-corrected chi connectivity index (χ4v) is 3.18. The summed E-state index contributed by atoms with van der Waals surface area (Å²) in [6, 6.07) is 14.2. The molecule has 1 unspecified atom stereocenters. The maximum atomic E-state index is 12.6. The van der Waals surface area contributed by atoms with E-state index in [4.69, 9.17) is 11.6 Å². The first-order valence-corrected chi connectivity index (χ1v) is 9.06. The summed E-state index contributed by atoms with van der Waals surface area (Å²) in [6.45, 7) is 1.81. The van der Waals surface area contributed by atoms with E-state index in [1.54, 1.807) is 36.4 Å². The summed E-state index contributed by atoms with van der Waals surface area (Å²) in [5, 5.41) is 6.20. The van der Waals surface area contributed by atoms with Gasteiger partial charge in [0.2, 0.25) is 17.7 Å². The lowest BCUT2D eigenvalue weighted by Gasteiger charge is -2.29. The number of nitrogens with one attached hydrogen (secondary N) is 2. The van der Waals surface area contributed by atoms with Crippen molar-refractivity contribution in [3.63, 3.8) is 0 Å². The molecule has 2 N–H and O–H groups in total. The Kier molecular flexibility index (Phi) is 5.76. The summed E-state index contributed by atoms with van der Waals surface area (Å²) in [6.07, 6.45) is 0.0692. The van der Waals surface area contributed by atoms with Gasteiger partial charge in [0.25, 0.3) is 0 Å². The van der Waals surface area contributed by atoms with Gasteiger partial charge in [0.15, 0.2) is 0 Å². The van der Waals surface area contributed by atoms with E-state index < -0.39 is 0 Å². The average molecular weight is 386 g/mol. The topological polar surface area (TPSA) is 78.5 Å². The standard InChI is InChI=1S/C20H20ClN3O3/c1-13(14-5-4-6-15(21)11-14)22-18(25)9-10-20(27)24-12-19(26)23-16-7-2-3-8-17(16)24/h2-8,11,13H,9-10,12H2,1H3,(H,22,25)(H,23,26). The van der Waals surface area contributed by atoms with Crippen LogP contribution in [0, 0.1) is 0 Å². The highest BCUT2D eigenvalue weighted by molar-refractivity contribution is 6.30. The molecule has 2 aromatic carbocycles. The SMILES string of the molecule is CC(NC(=O)CCC(=O)N1CC(=O)Nc2ccccc21)c1cccc(Cl)c1.